The minimum atomic E-state index is 0.974. The predicted octanol–water partition coefficient (Wildman–Crippen LogP) is 8.66. The molecule has 158 valence electrons. The van der Waals surface area contributed by atoms with Gasteiger partial charge in [-0.1, -0.05) is 84.9 Å². The Morgan fingerprint density at radius 3 is 1.88 bits per heavy atom. The van der Waals surface area contributed by atoms with Crippen LogP contribution >= 0.6 is 0 Å². The average Bonchev–Trinajstić information content (AvgIpc) is 3.44. The first-order valence-electron chi connectivity index (χ1n) is 11.9. The zero-order valence-electron chi connectivity index (χ0n) is 18.6. The fraction of sp³-hybridized carbons (Fsp3) is 0.0303. The van der Waals surface area contributed by atoms with Crippen LogP contribution < -0.4 is 0 Å². The van der Waals surface area contributed by atoms with Gasteiger partial charge in [-0.05, 0) is 80.6 Å². The first-order valence-corrected chi connectivity index (χ1v) is 11.9. The smallest absolute Gasteiger partial charge is 0.0544 e. The van der Waals surface area contributed by atoms with Gasteiger partial charge in [0, 0.05) is 16.5 Å². The fourth-order valence-corrected chi connectivity index (χ4v) is 6.19. The highest BCUT2D eigenvalue weighted by Crippen LogP contribution is 2.48. The number of hydrogen-bond acceptors (Lipinski definition) is 0. The Kier molecular flexibility index (Phi) is 3.51. The van der Waals surface area contributed by atoms with Gasteiger partial charge in [-0.2, -0.15) is 0 Å². The molecule has 0 N–H and O–H groups in total. The molecule has 0 spiro atoms. The molecule has 0 atom stereocenters. The van der Waals surface area contributed by atoms with Gasteiger partial charge in [0.2, 0.25) is 0 Å². The van der Waals surface area contributed by atoms with Crippen LogP contribution in [0.5, 0.6) is 0 Å². The summed E-state index contributed by atoms with van der Waals surface area (Å²) in [5.74, 6) is 0. The third-order valence-corrected chi connectivity index (χ3v) is 7.59. The van der Waals surface area contributed by atoms with Crippen molar-refractivity contribution < 1.29 is 0 Å². The van der Waals surface area contributed by atoms with Crippen LogP contribution in [0.3, 0.4) is 0 Å². The summed E-state index contributed by atoms with van der Waals surface area (Å²) in [5, 5.41) is 8.07. The second kappa shape index (κ2) is 6.59. The normalized spacial score (nSPS) is 12.6. The maximum absolute atomic E-state index is 2.46. The highest BCUT2D eigenvalue weighted by molar-refractivity contribution is 6.19. The lowest BCUT2D eigenvalue weighted by Gasteiger charge is -2.12. The molecule has 7 aromatic rings. The monoisotopic (exact) mass is 431 g/mol. The van der Waals surface area contributed by atoms with Gasteiger partial charge in [0.15, 0.2) is 0 Å². The van der Waals surface area contributed by atoms with Gasteiger partial charge in [0.1, 0.15) is 0 Å². The third-order valence-electron chi connectivity index (χ3n) is 7.59. The Hall–Kier alpha value is -4.36. The van der Waals surface area contributed by atoms with Crippen molar-refractivity contribution in [2.45, 2.75) is 6.42 Å². The van der Waals surface area contributed by atoms with Gasteiger partial charge in [0.25, 0.3) is 0 Å². The van der Waals surface area contributed by atoms with Crippen molar-refractivity contribution in [1.29, 1.82) is 0 Å². The molecule has 0 amide bonds. The number of nitrogens with zero attached hydrogens (tertiary/aromatic N) is 1. The molecule has 0 radical (unpaired) electrons. The largest absolute Gasteiger partial charge is 0.309 e. The van der Waals surface area contributed by atoms with Crippen LogP contribution in [-0.2, 0) is 6.42 Å². The molecular weight excluding hydrogens is 410 g/mol. The van der Waals surface area contributed by atoms with Gasteiger partial charge in [-0.15, -0.1) is 0 Å². The van der Waals surface area contributed by atoms with Gasteiger partial charge in [0.05, 0.1) is 11.0 Å². The first-order chi connectivity index (χ1) is 16.9. The van der Waals surface area contributed by atoms with Crippen molar-refractivity contribution in [3.05, 3.63) is 126 Å². The molecule has 1 heterocycles. The number of fused-ring (bicyclic) bond motifs is 11. The molecule has 1 nitrogen and oxygen atoms in total. The van der Waals surface area contributed by atoms with Crippen LogP contribution in [-0.4, -0.2) is 4.57 Å². The summed E-state index contributed by atoms with van der Waals surface area (Å²) in [6, 6.07) is 42.2. The number of hydrogen-bond donors (Lipinski definition) is 0. The minimum absolute atomic E-state index is 0.974. The van der Waals surface area contributed by atoms with Crippen molar-refractivity contribution in [2.75, 3.05) is 0 Å². The van der Waals surface area contributed by atoms with Gasteiger partial charge < -0.3 is 4.57 Å². The molecular formula is C33H21N. The summed E-state index contributed by atoms with van der Waals surface area (Å²) in [5.41, 5.74) is 9.45. The summed E-state index contributed by atoms with van der Waals surface area (Å²) < 4.78 is 2.42. The SMILES string of the molecule is c1ccc(-n2c3ccccc3c3cc4c(cc32)Cc2c-4c3ccccc3c3ccccc23)cc1. The van der Waals surface area contributed by atoms with Crippen LogP contribution in [0.1, 0.15) is 11.1 Å². The average molecular weight is 432 g/mol. The van der Waals surface area contributed by atoms with E-state index in [4.69, 9.17) is 0 Å². The molecule has 1 aromatic heterocycles. The predicted molar refractivity (Wildman–Crippen MR) is 144 cm³/mol. The Bertz CT molecular complexity index is 1920. The second-order valence-electron chi connectivity index (χ2n) is 9.34. The van der Waals surface area contributed by atoms with Crippen molar-refractivity contribution in [3.8, 4) is 16.8 Å². The maximum atomic E-state index is 2.46. The lowest BCUT2D eigenvalue weighted by molar-refractivity contribution is 1.17. The highest BCUT2D eigenvalue weighted by atomic mass is 15.0. The van der Waals surface area contributed by atoms with Gasteiger partial charge >= 0.3 is 0 Å². The lowest BCUT2D eigenvalue weighted by atomic mass is 9.91. The topological polar surface area (TPSA) is 4.93 Å². The molecule has 0 fully saturated rings. The van der Waals surface area contributed by atoms with E-state index >= 15 is 0 Å². The van der Waals surface area contributed by atoms with Crippen LogP contribution in [0.25, 0.3) is 60.2 Å². The van der Waals surface area contributed by atoms with Crippen molar-refractivity contribution in [3.63, 3.8) is 0 Å². The van der Waals surface area contributed by atoms with E-state index in [1.54, 1.807) is 0 Å². The molecule has 1 aliphatic carbocycles. The standard InChI is InChI=1S/C33H21N/c1-2-10-22(11-3-1)34-31-17-9-8-15-26(31)29-20-28-21(19-32(29)34)18-30-25-14-5-4-12-23(25)24-13-6-7-16-27(24)33(28)30/h1-17,19-20H,18H2. The molecule has 0 saturated carbocycles. The van der Waals surface area contributed by atoms with Crippen LogP contribution in [0.15, 0.2) is 115 Å². The summed E-state index contributed by atoms with van der Waals surface area (Å²) >= 11 is 0. The zero-order chi connectivity index (χ0) is 22.2. The Morgan fingerprint density at radius 2 is 1.09 bits per heavy atom. The van der Waals surface area contributed by atoms with E-state index in [2.05, 4.69) is 120 Å². The summed E-state index contributed by atoms with van der Waals surface area (Å²) in [4.78, 5) is 0. The minimum Gasteiger partial charge on any atom is -0.309 e. The van der Waals surface area contributed by atoms with Crippen molar-refractivity contribution in [2.24, 2.45) is 0 Å². The Balaban J connectivity index is 1.53. The van der Waals surface area contributed by atoms with Crippen LogP contribution in [0.4, 0.5) is 0 Å². The molecule has 8 rings (SSSR count). The number of rotatable bonds is 1. The van der Waals surface area contributed by atoms with E-state index < -0.39 is 0 Å². The second-order valence-corrected chi connectivity index (χ2v) is 9.34. The molecule has 34 heavy (non-hydrogen) atoms. The molecule has 0 unspecified atom stereocenters. The van der Waals surface area contributed by atoms with Crippen molar-refractivity contribution in [1.82, 2.24) is 4.57 Å². The van der Waals surface area contributed by atoms with E-state index in [1.165, 1.54) is 71.3 Å². The Labute approximate surface area is 197 Å². The highest BCUT2D eigenvalue weighted by Gasteiger charge is 2.26. The van der Waals surface area contributed by atoms with E-state index in [0.717, 1.165) is 6.42 Å². The maximum Gasteiger partial charge on any atom is 0.0544 e. The van der Waals surface area contributed by atoms with E-state index in [-0.39, 0.29) is 0 Å². The van der Waals surface area contributed by atoms with E-state index in [0.29, 0.717) is 0 Å². The molecule has 0 saturated heterocycles. The molecule has 1 aliphatic rings. The molecule has 0 aliphatic heterocycles. The van der Waals surface area contributed by atoms with E-state index in [1.807, 2.05) is 0 Å². The Morgan fingerprint density at radius 1 is 0.471 bits per heavy atom. The quantitative estimate of drug-likeness (QED) is 0.229. The molecule has 1 heteroatoms. The molecule has 6 aromatic carbocycles. The van der Waals surface area contributed by atoms with Crippen LogP contribution in [0.2, 0.25) is 0 Å². The van der Waals surface area contributed by atoms with Gasteiger partial charge in [-0.25, -0.2) is 0 Å². The fourth-order valence-electron chi connectivity index (χ4n) is 6.19. The van der Waals surface area contributed by atoms with Gasteiger partial charge in [-0.3, -0.25) is 0 Å². The first kappa shape index (κ1) is 18.1. The third kappa shape index (κ3) is 2.29. The number of benzene rings is 6. The summed E-state index contributed by atoms with van der Waals surface area (Å²) in [6.07, 6.45) is 0.974. The number of para-hydroxylation sites is 2. The summed E-state index contributed by atoms with van der Waals surface area (Å²) in [7, 11) is 0. The number of aromatic nitrogens is 1. The summed E-state index contributed by atoms with van der Waals surface area (Å²) in [6.45, 7) is 0. The zero-order valence-corrected chi connectivity index (χ0v) is 18.6. The van der Waals surface area contributed by atoms with Crippen LogP contribution in [0, 0.1) is 0 Å². The van der Waals surface area contributed by atoms with E-state index in [9.17, 15) is 0 Å². The van der Waals surface area contributed by atoms with Crippen molar-refractivity contribution >= 4 is 43.4 Å². The molecule has 0 bridgehead atoms. The lowest BCUT2D eigenvalue weighted by Crippen LogP contribution is -1.93.